The fourth-order valence-corrected chi connectivity index (χ4v) is 2.22. The van der Waals surface area contributed by atoms with Crippen LogP contribution >= 0.6 is 0 Å². The second-order valence-corrected chi connectivity index (χ2v) is 4.64. The molecule has 1 saturated carbocycles. The Morgan fingerprint density at radius 2 is 2.08 bits per heavy atom. The molecule has 0 aliphatic heterocycles. The average molecular weight is 181 g/mol. The molecule has 1 aliphatic carbocycles. The molecule has 1 nitrogen and oxygen atoms in total. The SMILES string of the molecule is C=C(C)CCC(N)CC1CCCC1. The molecule has 2 N–H and O–H groups in total. The van der Waals surface area contributed by atoms with Gasteiger partial charge >= 0.3 is 0 Å². The first-order chi connectivity index (χ1) is 6.18. The second kappa shape index (κ2) is 5.43. The Labute approximate surface area is 82.4 Å². The van der Waals surface area contributed by atoms with E-state index >= 15 is 0 Å². The van der Waals surface area contributed by atoms with Gasteiger partial charge in [-0.25, -0.2) is 0 Å². The lowest BCUT2D eigenvalue weighted by atomic mass is 9.95. The largest absolute Gasteiger partial charge is 0.328 e. The van der Waals surface area contributed by atoms with E-state index in [2.05, 4.69) is 13.5 Å². The fourth-order valence-electron chi connectivity index (χ4n) is 2.22. The third-order valence-electron chi connectivity index (χ3n) is 3.05. The molecule has 13 heavy (non-hydrogen) atoms. The molecule has 76 valence electrons. The van der Waals surface area contributed by atoms with Gasteiger partial charge in [0.25, 0.3) is 0 Å². The molecule has 0 aromatic carbocycles. The summed E-state index contributed by atoms with van der Waals surface area (Å²) in [4.78, 5) is 0. The van der Waals surface area contributed by atoms with Crippen molar-refractivity contribution in [1.29, 1.82) is 0 Å². The summed E-state index contributed by atoms with van der Waals surface area (Å²) in [6.45, 7) is 5.99. The Kier molecular flexibility index (Phi) is 4.51. The van der Waals surface area contributed by atoms with Crippen LogP contribution in [0, 0.1) is 5.92 Å². The zero-order valence-electron chi connectivity index (χ0n) is 8.89. The zero-order chi connectivity index (χ0) is 9.68. The topological polar surface area (TPSA) is 26.0 Å². The van der Waals surface area contributed by atoms with Gasteiger partial charge in [-0.1, -0.05) is 31.3 Å². The number of nitrogens with two attached hydrogens (primary N) is 1. The molecule has 0 heterocycles. The van der Waals surface area contributed by atoms with Crippen LogP contribution < -0.4 is 5.73 Å². The molecule has 1 fully saturated rings. The summed E-state index contributed by atoms with van der Waals surface area (Å²) in [6.07, 6.45) is 9.17. The van der Waals surface area contributed by atoms with Gasteiger partial charge < -0.3 is 5.73 Å². The first-order valence-corrected chi connectivity index (χ1v) is 5.58. The van der Waals surface area contributed by atoms with Crippen molar-refractivity contribution in [2.45, 2.75) is 57.9 Å². The molecule has 0 bridgehead atoms. The van der Waals surface area contributed by atoms with Crippen molar-refractivity contribution in [3.05, 3.63) is 12.2 Å². The molecule has 1 heteroatoms. The average Bonchev–Trinajstić information content (AvgIpc) is 2.53. The monoisotopic (exact) mass is 181 g/mol. The van der Waals surface area contributed by atoms with Crippen LogP contribution in [0.1, 0.15) is 51.9 Å². The van der Waals surface area contributed by atoms with Crippen molar-refractivity contribution < 1.29 is 0 Å². The molecule has 0 radical (unpaired) electrons. The summed E-state index contributed by atoms with van der Waals surface area (Å²) < 4.78 is 0. The molecule has 0 saturated heterocycles. The number of hydrogen-bond acceptors (Lipinski definition) is 1. The number of rotatable bonds is 5. The highest BCUT2D eigenvalue weighted by Crippen LogP contribution is 2.29. The predicted molar refractivity (Wildman–Crippen MR) is 58.6 cm³/mol. The Hall–Kier alpha value is -0.300. The number of allylic oxidation sites excluding steroid dienone is 1. The molecule has 0 aromatic heterocycles. The first-order valence-electron chi connectivity index (χ1n) is 5.58. The molecule has 0 spiro atoms. The molecular formula is C12H23N. The van der Waals surface area contributed by atoms with Gasteiger partial charge in [-0.2, -0.15) is 0 Å². The van der Waals surface area contributed by atoms with Gasteiger partial charge in [-0.15, -0.1) is 6.58 Å². The van der Waals surface area contributed by atoms with Crippen molar-refractivity contribution in [1.82, 2.24) is 0 Å². The highest BCUT2D eigenvalue weighted by molar-refractivity contribution is 4.89. The smallest absolute Gasteiger partial charge is 0.00445 e. The van der Waals surface area contributed by atoms with Crippen molar-refractivity contribution in [3.8, 4) is 0 Å². The summed E-state index contributed by atoms with van der Waals surface area (Å²) in [6, 6.07) is 0.416. The Bertz CT molecular complexity index is 157. The lowest BCUT2D eigenvalue weighted by Gasteiger charge is -2.15. The van der Waals surface area contributed by atoms with Gasteiger partial charge in [-0.3, -0.25) is 0 Å². The third kappa shape index (κ3) is 4.47. The fraction of sp³-hybridized carbons (Fsp3) is 0.833. The maximum Gasteiger partial charge on any atom is 0.00445 e. The molecule has 0 aromatic rings. The van der Waals surface area contributed by atoms with Crippen molar-refractivity contribution >= 4 is 0 Å². The normalized spacial score (nSPS) is 20.5. The van der Waals surface area contributed by atoms with E-state index in [1.165, 1.54) is 37.7 Å². The Balaban J connectivity index is 2.09. The van der Waals surface area contributed by atoms with Crippen LogP contribution in [0.5, 0.6) is 0 Å². The molecular weight excluding hydrogens is 158 g/mol. The van der Waals surface area contributed by atoms with E-state index in [-0.39, 0.29) is 0 Å². The van der Waals surface area contributed by atoms with Gasteiger partial charge in [0, 0.05) is 6.04 Å². The van der Waals surface area contributed by atoms with Crippen LogP contribution in [0.15, 0.2) is 12.2 Å². The Morgan fingerprint density at radius 3 is 2.62 bits per heavy atom. The molecule has 1 rings (SSSR count). The lowest BCUT2D eigenvalue weighted by molar-refractivity contribution is 0.427. The van der Waals surface area contributed by atoms with Gasteiger partial charge in [-0.05, 0) is 32.1 Å². The minimum absolute atomic E-state index is 0.416. The van der Waals surface area contributed by atoms with Crippen LogP contribution in [0.3, 0.4) is 0 Å². The van der Waals surface area contributed by atoms with Gasteiger partial charge in [0.2, 0.25) is 0 Å². The van der Waals surface area contributed by atoms with Crippen LogP contribution in [0.25, 0.3) is 0 Å². The third-order valence-corrected chi connectivity index (χ3v) is 3.05. The van der Waals surface area contributed by atoms with Crippen molar-refractivity contribution in [3.63, 3.8) is 0 Å². The summed E-state index contributed by atoms with van der Waals surface area (Å²) >= 11 is 0. The van der Waals surface area contributed by atoms with Crippen LogP contribution in [-0.2, 0) is 0 Å². The summed E-state index contributed by atoms with van der Waals surface area (Å²) in [5.74, 6) is 0.931. The Morgan fingerprint density at radius 1 is 1.46 bits per heavy atom. The summed E-state index contributed by atoms with van der Waals surface area (Å²) in [5, 5.41) is 0. The molecule has 1 unspecified atom stereocenters. The minimum Gasteiger partial charge on any atom is -0.328 e. The maximum absolute atomic E-state index is 6.06. The van der Waals surface area contributed by atoms with Crippen molar-refractivity contribution in [2.75, 3.05) is 0 Å². The van der Waals surface area contributed by atoms with E-state index in [1.54, 1.807) is 0 Å². The zero-order valence-corrected chi connectivity index (χ0v) is 8.89. The van der Waals surface area contributed by atoms with Gasteiger partial charge in [0.05, 0.1) is 0 Å². The van der Waals surface area contributed by atoms with Crippen LogP contribution in [0.4, 0.5) is 0 Å². The summed E-state index contributed by atoms with van der Waals surface area (Å²) in [7, 11) is 0. The van der Waals surface area contributed by atoms with Gasteiger partial charge in [0.1, 0.15) is 0 Å². The highest BCUT2D eigenvalue weighted by atomic mass is 14.6. The predicted octanol–water partition coefficient (Wildman–Crippen LogP) is 3.25. The molecule has 1 atom stereocenters. The van der Waals surface area contributed by atoms with E-state index in [4.69, 9.17) is 5.73 Å². The highest BCUT2D eigenvalue weighted by Gasteiger charge is 2.17. The molecule has 1 aliphatic rings. The second-order valence-electron chi connectivity index (χ2n) is 4.64. The van der Waals surface area contributed by atoms with E-state index in [0.717, 1.165) is 18.8 Å². The van der Waals surface area contributed by atoms with Gasteiger partial charge in [0.15, 0.2) is 0 Å². The maximum atomic E-state index is 6.06. The molecule has 0 amide bonds. The van der Waals surface area contributed by atoms with Crippen LogP contribution in [-0.4, -0.2) is 6.04 Å². The lowest BCUT2D eigenvalue weighted by Crippen LogP contribution is -2.22. The van der Waals surface area contributed by atoms with Crippen molar-refractivity contribution in [2.24, 2.45) is 11.7 Å². The van der Waals surface area contributed by atoms with E-state index in [9.17, 15) is 0 Å². The van der Waals surface area contributed by atoms with Crippen LogP contribution in [0.2, 0.25) is 0 Å². The number of hydrogen-bond donors (Lipinski definition) is 1. The van der Waals surface area contributed by atoms with E-state index in [0.29, 0.717) is 6.04 Å². The minimum atomic E-state index is 0.416. The van der Waals surface area contributed by atoms with E-state index < -0.39 is 0 Å². The quantitative estimate of drug-likeness (QED) is 0.647. The summed E-state index contributed by atoms with van der Waals surface area (Å²) in [5.41, 5.74) is 7.33. The standard InChI is InChI=1S/C12H23N/c1-10(2)7-8-12(13)9-11-5-3-4-6-11/h11-12H,1,3-9,13H2,2H3. The first kappa shape index (κ1) is 10.8. The van der Waals surface area contributed by atoms with E-state index in [1.807, 2.05) is 0 Å².